The smallest absolute Gasteiger partial charge is 0.198 e. The summed E-state index contributed by atoms with van der Waals surface area (Å²) in [5.41, 5.74) is -2.06. The topological polar surface area (TPSA) is 93.2 Å². The highest BCUT2D eigenvalue weighted by Gasteiger charge is 2.58. The lowest BCUT2D eigenvalue weighted by molar-refractivity contribution is -0.256. The highest BCUT2D eigenvalue weighted by atomic mass is 32.2. The van der Waals surface area contributed by atoms with Gasteiger partial charge in [-0.2, -0.15) is 10.1 Å². The predicted octanol–water partition coefficient (Wildman–Crippen LogP) is 1.40. The van der Waals surface area contributed by atoms with E-state index in [4.69, 9.17) is 9.68 Å². The molecule has 8 nitrogen and oxygen atoms in total. The van der Waals surface area contributed by atoms with Crippen LogP contribution < -0.4 is 0 Å². The van der Waals surface area contributed by atoms with Crippen LogP contribution in [-0.2, 0) is 29.3 Å². The van der Waals surface area contributed by atoms with Gasteiger partial charge in [-0.3, -0.25) is 9.68 Å². The maximum Gasteiger partial charge on any atom is 0.198 e. The van der Waals surface area contributed by atoms with E-state index in [9.17, 15) is 16.8 Å². The van der Waals surface area contributed by atoms with Crippen LogP contribution in [-0.4, -0.2) is 79.9 Å². The van der Waals surface area contributed by atoms with Crippen LogP contribution in [0.4, 0.5) is 0 Å². The number of hydroxylamine groups is 4. The molecule has 0 saturated carbocycles. The molecule has 0 aromatic rings. The molecule has 0 amide bonds. The SMILES string of the molecule is C=CCS(=O)(=O)CCN(OC1C2C(CON2C(C)(C)C)CS1(=O)=O)C(C)(C)C. The van der Waals surface area contributed by atoms with Gasteiger partial charge in [0.15, 0.2) is 25.1 Å². The Morgan fingerprint density at radius 2 is 1.86 bits per heavy atom. The van der Waals surface area contributed by atoms with E-state index in [1.807, 2.05) is 41.5 Å². The summed E-state index contributed by atoms with van der Waals surface area (Å²) in [6.45, 7) is 15.3. The second-order valence-electron chi connectivity index (χ2n) is 9.52. The maximum atomic E-state index is 12.8. The Hall–Kier alpha value is -0.520. The largest absolute Gasteiger partial charge is 0.298 e. The summed E-state index contributed by atoms with van der Waals surface area (Å²) in [5.74, 6) is -0.429. The molecule has 0 aliphatic carbocycles. The minimum Gasteiger partial charge on any atom is -0.298 e. The van der Waals surface area contributed by atoms with E-state index >= 15 is 0 Å². The van der Waals surface area contributed by atoms with Crippen LogP contribution in [0.2, 0.25) is 0 Å². The van der Waals surface area contributed by atoms with Gasteiger partial charge in [0.1, 0.15) is 0 Å². The zero-order valence-electron chi connectivity index (χ0n) is 17.7. The van der Waals surface area contributed by atoms with Crippen LogP contribution in [0.1, 0.15) is 41.5 Å². The van der Waals surface area contributed by atoms with Gasteiger partial charge in [0.25, 0.3) is 0 Å². The van der Waals surface area contributed by atoms with Crippen molar-refractivity contribution in [3.63, 3.8) is 0 Å². The molecule has 2 fully saturated rings. The highest BCUT2D eigenvalue weighted by molar-refractivity contribution is 7.92. The molecule has 0 radical (unpaired) electrons. The number of nitrogens with zero attached hydrogens (tertiary/aromatic N) is 2. The van der Waals surface area contributed by atoms with Crippen molar-refractivity contribution < 1.29 is 26.5 Å². The molecule has 28 heavy (non-hydrogen) atoms. The van der Waals surface area contributed by atoms with Crippen molar-refractivity contribution >= 4 is 19.7 Å². The first-order chi connectivity index (χ1) is 12.6. The lowest BCUT2D eigenvalue weighted by Gasteiger charge is -2.40. The van der Waals surface area contributed by atoms with Crippen LogP contribution in [0.15, 0.2) is 12.7 Å². The Kier molecular flexibility index (Phi) is 6.75. The lowest BCUT2D eigenvalue weighted by atomic mass is 10.0. The molecule has 2 saturated heterocycles. The highest BCUT2D eigenvalue weighted by Crippen LogP contribution is 2.40. The average molecular weight is 439 g/mol. The summed E-state index contributed by atoms with van der Waals surface area (Å²) < 4.78 is 49.9. The summed E-state index contributed by atoms with van der Waals surface area (Å²) in [6, 6.07) is -0.431. The van der Waals surface area contributed by atoms with E-state index in [1.54, 1.807) is 5.06 Å². The van der Waals surface area contributed by atoms with Crippen LogP contribution in [0.25, 0.3) is 0 Å². The maximum absolute atomic E-state index is 12.8. The van der Waals surface area contributed by atoms with Gasteiger partial charge in [0.2, 0.25) is 0 Å². The Labute approximate surface area is 169 Å². The van der Waals surface area contributed by atoms with Gasteiger partial charge >= 0.3 is 0 Å². The van der Waals surface area contributed by atoms with Gasteiger partial charge < -0.3 is 0 Å². The van der Waals surface area contributed by atoms with Crippen molar-refractivity contribution in [3.05, 3.63) is 12.7 Å². The standard InChI is InChI=1S/C18H34N2O6S2/c1-8-10-27(21,22)11-9-19(17(2,3)4)26-16-15-14(13-28(16,23)24)12-25-20(15)18(5,6)7/h8,14-16H,1,9-13H2,2-7H3. The molecule has 2 rings (SSSR count). The zero-order valence-corrected chi connectivity index (χ0v) is 19.3. The Bertz CT molecular complexity index is 780. The third-order valence-corrected chi connectivity index (χ3v) is 8.39. The molecular formula is C18H34N2O6S2. The van der Waals surface area contributed by atoms with E-state index in [2.05, 4.69) is 6.58 Å². The number of sulfone groups is 2. The number of hydrogen-bond donors (Lipinski definition) is 0. The first-order valence-corrected chi connectivity index (χ1v) is 13.0. The number of rotatable bonds is 7. The van der Waals surface area contributed by atoms with E-state index in [1.165, 1.54) is 11.1 Å². The first-order valence-electron chi connectivity index (χ1n) is 9.48. The Morgan fingerprint density at radius 3 is 2.36 bits per heavy atom. The van der Waals surface area contributed by atoms with Crippen LogP contribution >= 0.6 is 0 Å². The van der Waals surface area contributed by atoms with Gasteiger partial charge in [-0.1, -0.05) is 6.08 Å². The van der Waals surface area contributed by atoms with Gasteiger partial charge in [-0.25, -0.2) is 16.8 Å². The van der Waals surface area contributed by atoms with E-state index in [0.29, 0.717) is 6.61 Å². The summed E-state index contributed by atoms with van der Waals surface area (Å²) in [4.78, 5) is 11.8. The molecule has 0 aromatic heterocycles. The second kappa shape index (κ2) is 7.96. The Balaban J connectivity index is 2.27. The van der Waals surface area contributed by atoms with Crippen molar-refractivity contribution in [2.45, 2.75) is 64.1 Å². The fourth-order valence-electron chi connectivity index (χ4n) is 3.56. The summed E-state index contributed by atoms with van der Waals surface area (Å²) >= 11 is 0. The molecule has 10 heteroatoms. The quantitative estimate of drug-likeness (QED) is 0.435. The van der Waals surface area contributed by atoms with Crippen LogP contribution in [0.3, 0.4) is 0 Å². The van der Waals surface area contributed by atoms with E-state index < -0.39 is 36.7 Å². The second-order valence-corrected chi connectivity index (χ2v) is 13.9. The molecule has 3 unspecified atom stereocenters. The molecule has 2 aliphatic rings. The fraction of sp³-hybridized carbons (Fsp3) is 0.889. The predicted molar refractivity (Wildman–Crippen MR) is 109 cm³/mol. The number of hydrogen-bond acceptors (Lipinski definition) is 8. The van der Waals surface area contributed by atoms with E-state index in [0.717, 1.165) is 0 Å². The van der Waals surface area contributed by atoms with E-state index in [-0.39, 0.29) is 35.3 Å². The third-order valence-electron chi connectivity index (χ3n) is 4.88. The summed E-state index contributed by atoms with van der Waals surface area (Å²) in [7, 11) is -6.84. The molecule has 2 aliphatic heterocycles. The van der Waals surface area contributed by atoms with Gasteiger partial charge in [-0.15, -0.1) is 6.58 Å². The summed E-state index contributed by atoms with van der Waals surface area (Å²) in [6.07, 6.45) is 1.35. The van der Waals surface area contributed by atoms with Crippen molar-refractivity contribution in [1.82, 2.24) is 10.1 Å². The molecule has 2 heterocycles. The lowest BCUT2D eigenvalue weighted by Crippen LogP contribution is -2.54. The summed E-state index contributed by atoms with van der Waals surface area (Å²) in [5, 5.41) is 3.21. The minimum absolute atomic E-state index is 0.00165. The Morgan fingerprint density at radius 1 is 1.25 bits per heavy atom. The van der Waals surface area contributed by atoms with Gasteiger partial charge in [0.05, 0.1) is 29.9 Å². The minimum atomic E-state index is -3.51. The van der Waals surface area contributed by atoms with Gasteiger partial charge in [-0.05, 0) is 41.5 Å². The van der Waals surface area contributed by atoms with Gasteiger partial charge in [0, 0.05) is 23.5 Å². The van der Waals surface area contributed by atoms with Crippen molar-refractivity contribution in [2.24, 2.45) is 5.92 Å². The van der Waals surface area contributed by atoms with Crippen molar-refractivity contribution in [1.29, 1.82) is 0 Å². The average Bonchev–Trinajstić information content (AvgIpc) is 2.97. The number of fused-ring (bicyclic) bond motifs is 1. The monoisotopic (exact) mass is 438 g/mol. The first kappa shape index (κ1) is 23.8. The molecular weight excluding hydrogens is 404 g/mol. The molecule has 3 atom stereocenters. The van der Waals surface area contributed by atoms with Crippen molar-refractivity contribution in [2.75, 3.05) is 30.4 Å². The zero-order chi connectivity index (χ0) is 21.5. The van der Waals surface area contributed by atoms with Crippen LogP contribution in [0.5, 0.6) is 0 Å². The molecule has 0 bridgehead atoms. The normalized spacial score (nSPS) is 28.6. The van der Waals surface area contributed by atoms with Crippen molar-refractivity contribution in [3.8, 4) is 0 Å². The third kappa shape index (κ3) is 5.34. The fourth-order valence-corrected chi connectivity index (χ4v) is 6.60. The molecule has 0 aromatic carbocycles. The molecule has 0 N–H and O–H groups in total. The van der Waals surface area contributed by atoms with Crippen LogP contribution in [0, 0.1) is 5.92 Å². The molecule has 0 spiro atoms. The molecule has 164 valence electrons.